The fraction of sp³-hybridized carbons (Fsp3) is 0.308. The van der Waals surface area contributed by atoms with E-state index >= 15 is 0 Å². The van der Waals surface area contributed by atoms with Crippen LogP contribution in [0, 0.1) is 5.82 Å². The van der Waals surface area contributed by atoms with Crippen molar-refractivity contribution in [2.45, 2.75) is 12.6 Å². The minimum atomic E-state index is -1.09. The summed E-state index contributed by atoms with van der Waals surface area (Å²) < 4.78 is 16.0. The van der Waals surface area contributed by atoms with Crippen molar-refractivity contribution in [3.05, 3.63) is 45.9 Å². The van der Waals surface area contributed by atoms with Gasteiger partial charge in [0.25, 0.3) is 0 Å². The third kappa shape index (κ3) is 2.96. The van der Waals surface area contributed by atoms with Gasteiger partial charge in [-0.1, -0.05) is 27.2 Å². The van der Waals surface area contributed by atoms with E-state index in [4.69, 9.17) is 5.11 Å². The number of benzene rings is 1. The van der Waals surface area contributed by atoms with Crippen molar-refractivity contribution in [2.24, 2.45) is 0 Å². The van der Waals surface area contributed by atoms with E-state index in [0.717, 1.165) is 0 Å². The summed E-state index contributed by atoms with van der Waals surface area (Å²) in [5.41, 5.74) is 0.578. The van der Waals surface area contributed by atoms with Crippen molar-refractivity contribution in [1.29, 1.82) is 0 Å². The molecule has 1 fully saturated rings. The summed E-state index contributed by atoms with van der Waals surface area (Å²) in [7, 11) is 0. The minimum absolute atomic E-state index is 0.0626. The molecule has 0 spiro atoms. The number of aromatic nitrogens is 3. The highest BCUT2D eigenvalue weighted by Crippen LogP contribution is 2.24. The Hall–Kier alpha value is -1.80. The van der Waals surface area contributed by atoms with Crippen LogP contribution in [-0.4, -0.2) is 44.1 Å². The van der Waals surface area contributed by atoms with Crippen LogP contribution in [0.2, 0.25) is 0 Å². The van der Waals surface area contributed by atoms with E-state index in [2.05, 4.69) is 31.1 Å². The number of carboxylic acid groups (broad SMARTS) is 1. The number of carboxylic acids is 1. The number of hydrogen-bond donors (Lipinski definition) is 1. The number of carbonyl (C=O) groups is 1. The molecule has 8 heteroatoms. The number of aromatic carboxylic acids is 1. The Morgan fingerprint density at radius 1 is 1.48 bits per heavy atom. The van der Waals surface area contributed by atoms with Crippen molar-refractivity contribution in [3.63, 3.8) is 0 Å². The van der Waals surface area contributed by atoms with Crippen LogP contribution in [0.25, 0.3) is 0 Å². The lowest BCUT2D eigenvalue weighted by Gasteiger charge is -2.38. The van der Waals surface area contributed by atoms with Crippen LogP contribution < -0.4 is 0 Å². The molecule has 0 bridgehead atoms. The van der Waals surface area contributed by atoms with Gasteiger partial charge in [0.15, 0.2) is 5.69 Å². The monoisotopic (exact) mass is 354 g/mol. The predicted molar refractivity (Wildman–Crippen MR) is 75.4 cm³/mol. The van der Waals surface area contributed by atoms with Gasteiger partial charge in [0.05, 0.1) is 12.2 Å². The Balaban J connectivity index is 1.59. The molecular weight excluding hydrogens is 343 g/mol. The number of hydrogen-bond acceptors (Lipinski definition) is 4. The lowest BCUT2D eigenvalue weighted by molar-refractivity contribution is 0.0690. The lowest BCUT2D eigenvalue weighted by Crippen LogP contribution is -2.47. The minimum Gasteiger partial charge on any atom is -0.476 e. The second-order valence-corrected chi connectivity index (χ2v) is 5.89. The van der Waals surface area contributed by atoms with Gasteiger partial charge in [0.2, 0.25) is 0 Å². The topological polar surface area (TPSA) is 71.2 Å². The SMILES string of the molecule is O=C(O)c1cn(C2CN(Cc3ccc(Br)cc3F)C2)nn1. The zero-order valence-corrected chi connectivity index (χ0v) is 12.5. The number of halogens is 2. The highest BCUT2D eigenvalue weighted by Gasteiger charge is 2.30. The number of rotatable bonds is 4. The molecule has 1 aromatic heterocycles. The molecule has 0 saturated carbocycles. The molecule has 2 heterocycles. The summed E-state index contributed by atoms with van der Waals surface area (Å²) in [4.78, 5) is 12.8. The Kier molecular flexibility index (Phi) is 3.73. The molecule has 0 atom stereocenters. The molecule has 3 rings (SSSR count). The number of nitrogens with zero attached hydrogens (tertiary/aromatic N) is 4. The van der Waals surface area contributed by atoms with Crippen LogP contribution in [-0.2, 0) is 6.54 Å². The standard InChI is InChI=1S/C13H12BrFN4O2/c14-9-2-1-8(11(15)3-9)4-18-5-10(6-18)19-7-12(13(20)21)16-17-19/h1-3,7,10H,4-6H2,(H,20,21). The Bertz CT molecular complexity index is 685. The summed E-state index contributed by atoms with van der Waals surface area (Å²) in [6.07, 6.45) is 1.42. The summed E-state index contributed by atoms with van der Waals surface area (Å²) >= 11 is 3.23. The van der Waals surface area contributed by atoms with E-state index in [-0.39, 0.29) is 17.6 Å². The van der Waals surface area contributed by atoms with Crippen LogP contribution in [0.5, 0.6) is 0 Å². The summed E-state index contributed by atoms with van der Waals surface area (Å²) in [6.45, 7) is 1.91. The molecule has 0 amide bonds. The van der Waals surface area contributed by atoms with E-state index in [1.165, 1.54) is 12.3 Å². The molecule has 1 aliphatic rings. The van der Waals surface area contributed by atoms with Crippen molar-refractivity contribution >= 4 is 21.9 Å². The smallest absolute Gasteiger partial charge is 0.358 e. The van der Waals surface area contributed by atoms with Crippen molar-refractivity contribution in [1.82, 2.24) is 19.9 Å². The van der Waals surface area contributed by atoms with E-state index in [0.29, 0.717) is 29.7 Å². The van der Waals surface area contributed by atoms with Gasteiger partial charge in [0.1, 0.15) is 5.82 Å². The largest absolute Gasteiger partial charge is 0.476 e. The van der Waals surface area contributed by atoms with E-state index in [1.54, 1.807) is 10.7 Å². The van der Waals surface area contributed by atoms with Gasteiger partial charge < -0.3 is 5.11 Å². The van der Waals surface area contributed by atoms with Crippen LogP contribution in [0.4, 0.5) is 4.39 Å². The molecule has 1 saturated heterocycles. The lowest BCUT2D eigenvalue weighted by atomic mass is 10.1. The van der Waals surface area contributed by atoms with Gasteiger partial charge in [-0.05, 0) is 12.1 Å². The maximum absolute atomic E-state index is 13.7. The van der Waals surface area contributed by atoms with Gasteiger partial charge in [-0.3, -0.25) is 4.90 Å². The molecule has 1 aliphatic heterocycles. The highest BCUT2D eigenvalue weighted by molar-refractivity contribution is 9.10. The summed E-state index contributed by atoms with van der Waals surface area (Å²) in [5, 5.41) is 16.2. The van der Waals surface area contributed by atoms with E-state index < -0.39 is 5.97 Å². The molecule has 1 N–H and O–H groups in total. The normalized spacial score (nSPS) is 15.9. The molecular formula is C13H12BrFN4O2. The van der Waals surface area contributed by atoms with E-state index in [1.807, 2.05) is 6.07 Å². The molecule has 1 aromatic carbocycles. The van der Waals surface area contributed by atoms with Gasteiger partial charge >= 0.3 is 5.97 Å². The first kappa shape index (κ1) is 14.2. The molecule has 0 unspecified atom stereocenters. The third-order valence-corrected chi connectivity index (χ3v) is 3.94. The quantitative estimate of drug-likeness (QED) is 0.908. The predicted octanol–water partition coefficient (Wildman–Crippen LogP) is 1.93. The van der Waals surface area contributed by atoms with Gasteiger partial charge in [-0.15, -0.1) is 5.10 Å². The molecule has 2 aromatic rings. The molecule has 110 valence electrons. The summed E-state index contributed by atoms with van der Waals surface area (Å²) in [6, 6.07) is 5.10. The van der Waals surface area contributed by atoms with Gasteiger partial charge in [-0.2, -0.15) is 0 Å². The van der Waals surface area contributed by atoms with Crippen molar-refractivity contribution < 1.29 is 14.3 Å². The molecule has 21 heavy (non-hydrogen) atoms. The first-order chi connectivity index (χ1) is 10.0. The average molecular weight is 355 g/mol. The first-order valence-electron chi connectivity index (χ1n) is 6.34. The molecule has 0 radical (unpaired) electrons. The highest BCUT2D eigenvalue weighted by atomic mass is 79.9. The zero-order valence-electron chi connectivity index (χ0n) is 10.9. The summed E-state index contributed by atoms with van der Waals surface area (Å²) in [5.74, 6) is -1.32. The third-order valence-electron chi connectivity index (χ3n) is 3.45. The maximum atomic E-state index is 13.7. The van der Waals surface area contributed by atoms with Gasteiger partial charge in [0, 0.05) is 29.7 Å². The second-order valence-electron chi connectivity index (χ2n) is 4.97. The number of likely N-dealkylation sites (tertiary alicyclic amines) is 1. The van der Waals surface area contributed by atoms with Crippen LogP contribution in [0.1, 0.15) is 22.1 Å². The van der Waals surface area contributed by atoms with Crippen LogP contribution in [0.15, 0.2) is 28.9 Å². The zero-order chi connectivity index (χ0) is 15.0. The van der Waals surface area contributed by atoms with Crippen molar-refractivity contribution in [2.75, 3.05) is 13.1 Å². The fourth-order valence-electron chi connectivity index (χ4n) is 2.28. The fourth-order valence-corrected chi connectivity index (χ4v) is 2.62. The Morgan fingerprint density at radius 3 is 2.86 bits per heavy atom. The van der Waals surface area contributed by atoms with Crippen LogP contribution in [0.3, 0.4) is 0 Å². The van der Waals surface area contributed by atoms with Crippen molar-refractivity contribution in [3.8, 4) is 0 Å². The Labute approximate surface area is 128 Å². The van der Waals surface area contributed by atoms with E-state index in [9.17, 15) is 9.18 Å². The molecule has 6 nitrogen and oxygen atoms in total. The first-order valence-corrected chi connectivity index (χ1v) is 7.13. The van der Waals surface area contributed by atoms with Crippen LogP contribution >= 0.6 is 15.9 Å². The maximum Gasteiger partial charge on any atom is 0.358 e. The average Bonchev–Trinajstić information content (AvgIpc) is 2.84. The van der Waals surface area contributed by atoms with Gasteiger partial charge in [-0.25, -0.2) is 13.9 Å². The second kappa shape index (κ2) is 5.53. The molecule has 0 aliphatic carbocycles. The Morgan fingerprint density at radius 2 is 2.24 bits per heavy atom.